The second-order valence-corrected chi connectivity index (χ2v) is 3.81. The third-order valence-corrected chi connectivity index (χ3v) is 2.23. The highest BCUT2D eigenvalue weighted by atomic mass is 16.5. The molecule has 2 N–H and O–H groups in total. The van der Waals surface area contributed by atoms with Crippen LogP contribution in [0.5, 0.6) is 5.75 Å². The maximum Gasteiger partial charge on any atom is 0.119 e. The van der Waals surface area contributed by atoms with Crippen LogP contribution < -0.4 is 10.1 Å². The second kappa shape index (κ2) is 7.66. The van der Waals surface area contributed by atoms with Crippen LogP contribution in [0.3, 0.4) is 0 Å². The van der Waals surface area contributed by atoms with Gasteiger partial charge in [-0.2, -0.15) is 5.26 Å². The standard InChI is InChI=1S/C13H18N2O2/c1-2-7-15-9-12(16)10-17-13-5-3-11(8-14)4-6-13/h3-6,12,15-16H,2,7,9-10H2,1H3/t12-/m1/s1. The lowest BCUT2D eigenvalue weighted by Crippen LogP contribution is -2.31. The first-order valence-electron chi connectivity index (χ1n) is 5.78. The Morgan fingerprint density at radius 3 is 2.71 bits per heavy atom. The Morgan fingerprint density at radius 2 is 2.12 bits per heavy atom. The van der Waals surface area contributed by atoms with E-state index in [1.165, 1.54) is 0 Å². The fourth-order valence-corrected chi connectivity index (χ4v) is 1.32. The lowest BCUT2D eigenvalue weighted by atomic mass is 10.2. The van der Waals surface area contributed by atoms with Crippen molar-refractivity contribution in [3.63, 3.8) is 0 Å². The van der Waals surface area contributed by atoms with E-state index in [-0.39, 0.29) is 6.61 Å². The Bertz CT molecular complexity index is 357. The van der Waals surface area contributed by atoms with Crippen LogP contribution in [0.25, 0.3) is 0 Å². The molecule has 0 radical (unpaired) electrons. The molecule has 0 heterocycles. The quantitative estimate of drug-likeness (QED) is 0.698. The van der Waals surface area contributed by atoms with Gasteiger partial charge in [0, 0.05) is 6.54 Å². The maximum absolute atomic E-state index is 9.60. The summed E-state index contributed by atoms with van der Waals surface area (Å²) in [5.74, 6) is 0.665. The Kier molecular flexibility index (Phi) is 6.08. The number of benzene rings is 1. The zero-order chi connectivity index (χ0) is 12.5. The number of aliphatic hydroxyl groups is 1. The van der Waals surface area contributed by atoms with Crippen molar-refractivity contribution in [3.8, 4) is 11.8 Å². The number of nitrogens with zero attached hydrogens (tertiary/aromatic N) is 1. The number of rotatable bonds is 7. The number of ether oxygens (including phenoxy) is 1. The highest BCUT2D eigenvalue weighted by Gasteiger charge is 2.04. The number of nitrogens with one attached hydrogen (secondary N) is 1. The average Bonchev–Trinajstić information content (AvgIpc) is 2.37. The van der Waals surface area contributed by atoms with E-state index in [9.17, 15) is 5.11 Å². The Balaban J connectivity index is 2.27. The molecule has 0 aliphatic carbocycles. The molecule has 0 bridgehead atoms. The van der Waals surface area contributed by atoms with Gasteiger partial charge in [0.2, 0.25) is 0 Å². The molecule has 17 heavy (non-hydrogen) atoms. The molecule has 1 aromatic carbocycles. The fraction of sp³-hybridized carbons (Fsp3) is 0.462. The molecule has 0 aliphatic heterocycles. The SMILES string of the molecule is CCCNC[C@@H](O)COc1ccc(C#N)cc1. The summed E-state index contributed by atoms with van der Waals surface area (Å²) in [4.78, 5) is 0. The molecule has 0 amide bonds. The predicted molar refractivity (Wildman–Crippen MR) is 65.8 cm³/mol. The third-order valence-electron chi connectivity index (χ3n) is 2.23. The van der Waals surface area contributed by atoms with Crippen molar-refractivity contribution >= 4 is 0 Å². The van der Waals surface area contributed by atoms with E-state index < -0.39 is 6.10 Å². The summed E-state index contributed by atoms with van der Waals surface area (Å²) >= 11 is 0. The van der Waals surface area contributed by atoms with Gasteiger partial charge < -0.3 is 15.2 Å². The van der Waals surface area contributed by atoms with Gasteiger partial charge in [0.05, 0.1) is 11.6 Å². The van der Waals surface area contributed by atoms with E-state index >= 15 is 0 Å². The van der Waals surface area contributed by atoms with E-state index in [2.05, 4.69) is 12.2 Å². The van der Waals surface area contributed by atoms with Crippen LogP contribution in [0.2, 0.25) is 0 Å². The van der Waals surface area contributed by atoms with E-state index in [4.69, 9.17) is 10.00 Å². The topological polar surface area (TPSA) is 65.3 Å². The van der Waals surface area contributed by atoms with Crippen molar-refractivity contribution in [1.82, 2.24) is 5.32 Å². The molecule has 4 nitrogen and oxygen atoms in total. The molecule has 0 fully saturated rings. The molecular weight excluding hydrogens is 216 g/mol. The van der Waals surface area contributed by atoms with Gasteiger partial charge in [0.25, 0.3) is 0 Å². The van der Waals surface area contributed by atoms with E-state index in [0.29, 0.717) is 17.9 Å². The first-order valence-corrected chi connectivity index (χ1v) is 5.78. The van der Waals surface area contributed by atoms with E-state index in [0.717, 1.165) is 13.0 Å². The van der Waals surface area contributed by atoms with Crippen LogP contribution in [0.15, 0.2) is 24.3 Å². The summed E-state index contributed by atoms with van der Waals surface area (Å²) in [6.07, 6.45) is 0.528. The van der Waals surface area contributed by atoms with Gasteiger partial charge in [-0.3, -0.25) is 0 Å². The molecule has 92 valence electrons. The molecule has 0 aliphatic rings. The van der Waals surface area contributed by atoms with Gasteiger partial charge >= 0.3 is 0 Å². The normalized spacial score (nSPS) is 11.8. The van der Waals surface area contributed by atoms with Gasteiger partial charge in [-0.1, -0.05) is 6.92 Å². The molecule has 0 saturated heterocycles. The molecule has 0 aromatic heterocycles. The van der Waals surface area contributed by atoms with Crippen LogP contribution in [0.1, 0.15) is 18.9 Å². The number of hydrogen-bond acceptors (Lipinski definition) is 4. The van der Waals surface area contributed by atoms with Crippen molar-refractivity contribution < 1.29 is 9.84 Å². The zero-order valence-electron chi connectivity index (χ0n) is 10.0. The highest BCUT2D eigenvalue weighted by Crippen LogP contribution is 2.11. The lowest BCUT2D eigenvalue weighted by molar-refractivity contribution is 0.106. The van der Waals surface area contributed by atoms with Gasteiger partial charge in [-0.05, 0) is 37.2 Å². The van der Waals surface area contributed by atoms with Crippen molar-refractivity contribution in [2.75, 3.05) is 19.7 Å². The smallest absolute Gasteiger partial charge is 0.119 e. The first kappa shape index (κ1) is 13.5. The highest BCUT2D eigenvalue weighted by molar-refractivity contribution is 5.34. The van der Waals surface area contributed by atoms with Crippen LogP contribution in [-0.2, 0) is 0 Å². The molecule has 0 unspecified atom stereocenters. The maximum atomic E-state index is 9.60. The molecular formula is C13H18N2O2. The van der Waals surface area contributed by atoms with Crippen LogP contribution in [0.4, 0.5) is 0 Å². The summed E-state index contributed by atoms with van der Waals surface area (Å²) in [5.41, 5.74) is 0.600. The van der Waals surface area contributed by atoms with Crippen LogP contribution >= 0.6 is 0 Å². The van der Waals surface area contributed by atoms with Crippen LogP contribution in [0, 0.1) is 11.3 Å². The molecule has 4 heteroatoms. The van der Waals surface area contributed by atoms with Crippen molar-refractivity contribution in [1.29, 1.82) is 5.26 Å². The Morgan fingerprint density at radius 1 is 1.41 bits per heavy atom. The number of aliphatic hydroxyl groups excluding tert-OH is 1. The number of hydrogen-bond donors (Lipinski definition) is 2. The van der Waals surface area contributed by atoms with Gasteiger partial charge in [-0.15, -0.1) is 0 Å². The summed E-state index contributed by atoms with van der Waals surface area (Å²) < 4.78 is 5.40. The minimum absolute atomic E-state index is 0.253. The second-order valence-electron chi connectivity index (χ2n) is 3.81. The Labute approximate surface area is 102 Å². The summed E-state index contributed by atoms with van der Waals surface area (Å²) in [6.45, 7) is 3.76. The third kappa shape index (κ3) is 5.34. The van der Waals surface area contributed by atoms with Gasteiger partial charge in [0.15, 0.2) is 0 Å². The number of nitriles is 1. The molecule has 0 saturated carbocycles. The van der Waals surface area contributed by atoms with Crippen LogP contribution in [-0.4, -0.2) is 30.9 Å². The van der Waals surface area contributed by atoms with E-state index in [1.54, 1.807) is 24.3 Å². The molecule has 0 spiro atoms. The van der Waals surface area contributed by atoms with Gasteiger partial charge in [-0.25, -0.2) is 0 Å². The van der Waals surface area contributed by atoms with Crippen molar-refractivity contribution in [2.45, 2.75) is 19.4 Å². The summed E-state index contributed by atoms with van der Waals surface area (Å²) in [6, 6.07) is 8.88. The first-order chi connectivity index (χ1) is 8.26. The molecule has 1 aromatic rings. The summed E-state index contributed by atoms with van der Waals surface area (Å²) in [7, 11) is 0. The minimum atomic E-state index is -0.516. The minimum Gasteiger partial charge on any atom is -0.491 e. The predicted octanol–water partition coefficient (Wildman–Crippen LogP) is 1.30. The van der Waals surface area contributed by atoms with Crippen molar-refractivity contribution in [2.24, 2.45) is 0 Å². The Hall–Kier alpha value is -1.57. The fourth-order valence-electron chi connectivity index (χ4n) is 1.32. The molecule has 1 rings (SSSR count). The summed E-state index contributed by atoms with van der Waals surface area (Å²) in [5, 5.41) is 21.3. The lowest BCUT2D eigenvalue weighted by Gasteiger charge is -2.12. The van der Waals surface area contributed by atoms with Gasteiger partial charge in [0.1, 0.15) is 18.5 Å². The zero-order valence-corrected chi connectivity index (χ0v) is 10.0. The monoisotopic (exact) mass is 234 g/mol. The average molecular weight is 234 g/mol. The van der Waals surface area contributed by atoms with E-state index in [1.807, 2.05) is 6.07 Å². The largest absolute Gasteiger partial charge is 0.491 e. The van der Waals surface area contributed by atoms with Crippen molar-refractivity contribution in [3.05, 3.63) is 29.8 Å². The molecule has 1 atom stereocenters.